The zero-order valence-electron chi connectivity index (χ0n) is 15.3. The molecule has 2 aromatic rings. The third-order valence-electron chi connectivity index (χ3n) is 4.19. The van der Waals surface area contributed by atoms with E-state index in [2.05, 4.69) is 67.1 Å². The minimum atomic E-state index is -1.11. The average Bonchev–Trinajstić information content (AvgIpc) is 2.55. The van der Waals surface area contributed by atoms with Crippen LogP contribution in [-0.4, -0.2) is 15.3 Å². The molecule has 1 N–H and O–H groups in total. The number of nitrogens with one attached hydrogen (secondary N) is 1. The minimum Gasteiger partial charge on any atom is -0.598 e. The van der Waals surface area contributed by atoms with Crippen LogP contribution >= 0.6 is 0 Å². The number of hydrogen-bond acceptors (Lipinski definition) is 2. The molecule has 0 saturated heterocycles. The highest BCUT2D eigenvalue weighted by atomic mass is 32.2. The molecule has 1 unspecified atom stereocenters. The van der Waals surface area contributed by atoms with Crippen molar-refractivity contribution in [3.8, 4) is 0 Å². The van der Waals surface area contributed by atoms with Crippen LogP contribution in [0.4, 0.5) is 0 Å². The molecule has 3 heteroatoms. The Balaban J connectivity index is 2.43. The minimum absolute atomic E-state index is 0.0925. The first-order valence-electron chi connectivity index (χ1n) is 8.58. The highest BCUT2D eigenvalue weighted by Crippen LogP contribution is 2.32. The summed E-state index contributed by atoms with van der Waals surface area (Å²) >= 11 is -1.11. The van der Waals surface area contributed by atoms with Crippen LogP contribution in [0.2, 0.25) is 0 Å². The summed E-state index contributed by atoms with van der Waals surface area (Å²) in [5, 5.41) is 0. The van der Waals surface area contributed by atoms with Crippen molar-refractivity contribution in [2.24, 2.45) is 5.92 Å². The van der Waals surface area contributed by atoms with Crippen LogP contribution in [0.25, 0.3) is 0 Å². The molecule has 0 aromatic heterocycles. The molecule has 0 spiro atoms. The lowest BCUT2D eigenvalue weighted by molar-refractivity contribution is 0.405. The fraction of sp³-hybridized carbons (Fsp3) is 0.429. The molecule has 0 saturated carbocycles. The molecule has 0 amide bonds. The molecule has 24 heavy (non-hydrogen) atoms. The first-order valence-corrected chi connectivity index (χ1v) is 9.73. The Morgan fingerprint density at radius 1 is 0.833 bits per heavy atom. The third kappa shape index (κ3) is 4.85. The molecule has 0 aliphatic rings. The summed E-state index contributed by atoms with van der Waals surface area (Å²) in [5.74, 6) is 0.514. The summed E-state index contributed by atoms with van der Waals surface area (Å²) in [6, 6.07) is 21.1. The SMILES string of the molecule is CC(C)C(N[S@+]([O-])C(C)(C)C)C(c1ccccc1)c1ccccc1. The molecule has 0 radical (unpaired) electrons. The topological polar surface area (TPSA) is 35.1 Å². The van der Waals surface area contributed by atoms with E-state index in [4.69, 9.17) is 0 Å². The molecule has 2 aromatic carbocycles. The van der Waals surface area contributed by atoms with E-state index in [1.165, 1.54) is 11.1 Å². The summed E-state index contributed by atoms with van der Waals surface area (Å²) in [7, 11) is 0. The predicted octanol–water partition coefficient (Wildman–Crippen LogP) is 4.89. The van der Waals surface area contributed by atoms with Crippen LogP contribution in [0.5, 0.6) is 0 Å². The Morgan fingerprint density at radius 3 is 1.58 bits per heavy atom. The summed E-state index contributed by atoms with van der Waals surface area (Å²) in [6.07, 6.45) is 0. The lowest BCUT2D eigenvalue weighted by atomic mass is 9.81. The molecule has 0 aliphatic heterocycles. The van der Waals surface area contributed by atoms with E-state index in [1.54, 1.807) is 0 Å². The van der Waals surface area contributed by atoms with E-state index in [0.29, 0.717) is 5.92 Å². The first kappa shape index (κ1) is 19.0. The van der Waals surface area contributed by atoms with Crippen molar-refractivity contribution in [2.75, 3.05) is 0 Å². The van der Waals surface area contributed by atoms with Crippen LogP contribution in [0.3, 0.4) is 0 Å². The van der Waals surface area contributed by atoms with Gasteiger partial charge in [0.2, 0.25) is 0 Å². The highest BCUT2D eigenvalue weighted by Gasteiger charge is 2.35. The quantitative estimate of drug-likeness (QED) is 0.758. The molecular weight excluding hydrogens is 314 g/mol. The van der Waals surface area contributed by atoms with Crippen molar-refractivity contribution >= 4 is 11.4 Å². The van der Waals surface area contributed by atoms with Gasteiger partial charge >= 0.3 is 0 Å². The predicted molar refractivity (Wildman–Crippen MR) is 104 cm³/mol. The van der Waals surface area contributed by atoms with Crippen molar-refractivity contribution in [1.82, 2.24) is 4.72 Å². The van der Waals surface area contributed by atoms with Gasteiger partial charge in [-0.25, -0.2) is 0 Å². The molecule has 2 rings (SSSR count). The van der Waals surface area contributed by atoms with Crippen LogP contribution in [0, 0.1) is 5.92 Å². The molecule has 130 valence electrons. The van der Waals surface area contributed by atoms with Gasteiger partial charge in [0, 0.05) is 17.3 Å². The Kier molecular flexibility index (Phi) is 6.50. The van der Waals surface area contributed by atoms with E-state index in [-0.39, 0.29) is 16.7 Å². The average molecular weight is 344 g/mol. The smallest absolute Gasteiger partial charge is 0.136 e. The second-order valence-electron chi connectivity index (χ2n) is 7.57. The largest absolute Gasteiger partial charge is 0.598 e. The number of hydrogen-bond donors (Lipinski definition) is 1. The third-order valence-corrected chi connectivity index (χ3v) is 5.79. The summed E-state index contributed by atoms with van der Waals surface area (Å²) < 4.78 is 15.9. The Morgan fingerprint density at radius 2 is 1.25 bits per heavy atom. The van der Waals surface area contributed by atoms with Gasteiger partial charge in [-0.1, -0.05) is 74.5 Å². The van der Waals surface area contributed by atoms with E-state index >= 15 is 0 Å². The van der Waals surface area contributed by atoms with E-state index < -0.39 is 11.4 Å². The van der Waals surface area contributed by atoms with Gasteiger partial charge in [0.05, 0.1) is 6.04 Å². The first-order chi connectivity index (χ1) is 11.3. The number of benzene rings is 2. The maximum Gasteiger partial charge on any atom is 0.136 e. The van der Waals surface area contributed by atoms with Crippen LogP contribution in [-0.2, 0) is 11.4 Å². The van der Waals surface area contributed by atoms with Gasteiger partial charge in [-0.3, -0.25) is 0 Å². The maximum absolute atomic E-state index is 12.7. The summed E-state index contributed by atoms with van der Waals surface area (Å²) in [4.78, 5) is 0. The summed E-state index contributed by atoms with van der Waals surface area (Å²) in [5.41, 5.74) is 2.50. The lowest BCUT2D eigenvalue weighted by Crippen LogP contribution is -2.49. The van der Waals surface area contributed by atoms with Gasteiger partial charge in [-0.15, -0.1) is 4.72 Å². The van der Waals surface area contributed by atoms with Crippen molar-refractivity contribution < 1.29 is 4.55 Å². The lowest BCUT2D eigenvalue weighted by Gasteiger charge is -2.35. The van der Waals surface area contributed by atoms with Crippen LogP contribution in [0.15, 0.2) is 60.7 Å². The Labute approximate surface area is 150 Å². The fourth-order valence-electron chi connectivity index (χ4n) is 2.82. The van der Waals surface area contributed by atoms with Gasteiger partial charge in [-0.05, 0) is 37.8 Å². The molecule has 0 heterocycles. The van der Waals surface area contributed by atoms with E-state index in [0.717, 1.165) is 0 Å². The van der Waals surface area contributed by atoms with Gasteiger partial charge in [0.1, 0.15) is 4.75 Å². The van der Waals surface area contributed by atoms with Gasteiger partial charge in [-0.2, -0.15) is 0 Å². The van der Waals surface area contributed by atoms with Crippen molar-refractivity contribution in [3.05, 3.63) is 71.8 Å². The summed E-state index contributed by atoms with van der Waals surface area (Å²) in [6.45, 7) is 10.4. The Hall–Kier alpha value is -1.29. The van der Waals surface area contributed by atoms with Crippen molar-refractivity contribution in [2.45, 2.75) is 51.3 Å². The number of rotatable bonds is 6. The van der Waals surface area contributed by atoms with E-state index in [9.17, 15) is 4.55 Å². The molecular formula is C21H29NOS. The Bertz CT molecular complexity index is 567. The molecule has 0 aliphatic carbocycles. The molecule has 0 fully saturated rings. The zero-order chi connectivity index (χ0) is 17.7. The van der Waals surface area contributed by atoms with Crippen LogP contribution in [0.1, 0.15) is 51.7 Å². The zero-order valence-corrected chi connectivity index (χ0v) is 16.1. The molecule has 2 nitrogen and oxygen atoms in total. The van der Waals surface area contributed by atoms with Crippen molar-refractivity contribution in [1.29, 1.82) is 0 Å². The second kappa shape index (κ2) is 8.19. The molecule has 0 bridgehead atoms. The fourth-order valence-corrected chi connectivity index (χ4v) is 3.83. The highest BCUT2D eigenvalue weighted by molar-refractivity contribution is 7.90. The van der Waals surface area contributed by atoms with Gasteiger partial charge in [0.15, 0.2) is 0 Å². The standard InChI is InChI=1S/C21H29NOS/c1-16(2)20(22-24(23)21(3,4)5)19(17-12-8-6-9-13-17)18-14-10-7-11-15-18/h6-16,19-20,22H,1-5H3/t20?,24-/m1/s1. The second-order valence-corrected chi connectivity index (χ2v) is 9.57. The maximum atomic E-state index is 12.7. The van der Waals surface area contributed by atoms with Crippen LogP contribution < -0.4 is 4.72 Å². The molecule has 2 atom stereocenters. The van der Waals surface area contributed by atoms with Gasteiger partial charge in [0.25, 0.3) is 0 Å². The monoisotopic (exact) mass is 343 g/mol. The normalized spacial score (nSPS) is 14.8. The van der Waals surface area contributed by atoms with Gasteiger partial charge < -0.3 is 4.55 Å². The van der Waals surface area contributed by atoms with E-state index in [1.807, 2.05) is 32.9 Å². The van der Waals surface area contributed by atoms with Crippen molar-refractivity contribution in [3.63, 3.8) is 0 Å².